The molecule has 2 heterocycles. The van der Waals surface area contributed by atoms with Crippen molar-refractivity contribution in [3.05, 3.63) is 53.7 Å². The second-order valence-electron chi connectivity index (χ2n) is 7.91. The number of aryl methyl sites for hydroxylation is 1. The van der Waals surface area contributed by atoms with Gasteiger partial charge < -0.3 is 15.2 Å². The minimum absolute atomic E-state index is 0.316. The Morgan fingerprint density at radius 3 is 3.00 bits per heavy atom. The summed E-state index contributed by atoms with van der Waals surface area (Å²) < 4.78 is 5.43. The highest BCUT2D eigenvalue weighted by Gasteiger charge is 2.20. The van der Waals surface area contributed by atoms with Crippen LogP contribution in [0.5, 0.6) is 5.75 Å². The summed E-state index contributed by atoms with van der Waals surface area (Å²) in [6, 6.07) is 12.8. The van der Waals surface area contributed by atoms with E-state index in [2.05, 4.69) is 51.6 Å². The van der Waals surface area contributed by atoms with Crippen molar-refractivity contribution >= 4 is 22.6 Å². The molecule has 1 unspecified atom stereocenters. The Hall–Kier alpha value is -3.06. The molecule has 0 amide bonds. The smallest absolute Gasteiger partial charge is 0.341 e. The SMILES string of the molecule is CCc1cc(CN2CCCC(Nc3ccc4[nH]ncc4c3)C2)cc(OCC(=O)O)c1. The third-order valence-corrected chi connectivity index (χ3v) is 5.52. The Morgan fingerprint density at radius 1 is 1.30 bits per heavy atom. The Kier molecular flexibility index (Phi) is 6.18. The Morgan fingerprint density at radius 2 is 2.17 bits per heavy atom. The minimum atomic E-state index is -0.961. The minimum Gasteiger partial charge on any atom is -0.482 e. The van der Waals surface area contributed by atoms with Crippen molar-refractivity contribution in [3.8, 4) is 5.75 Å². The van der Waals surface area contributed by atoms with Gasteiger partial charge in [0, 0.05) is 30.2 Å². The standard InChI is InChI=1S/C23H28N4O3/c1-2-16-8-17(10-21(9-16)30-15-23(28)29)13-27-7-3-4-20(14-27)25-19-5-6-22-18(11-19)12-24-26-22/h5-6,8-12,20,25H,2-4,7,13-15H2,1H3,(H,24,26)(H,28,29). The third-order valence-electron chi connectivity index (χ3n) is 5.52. The molecular weight excluding hydrogens is 380 g/mol. The fourth-order valence-corrected chi connectivity index (χ4v) is 4.10. The monoisotopic (exact) mass is 408 g/mol. The summed E-state index contributed by atoms with van der Waals surface area (Å²) in [4.78, 5) is 13.3. The van der Waals surface area contributed by atoms with Crippen LogP contribution >= 0.6 is 0 Å². The molecular formula is C23H28N4O3. The van der Waals surface area contributed by atoms with E-state index in [4.69, 9.17) is 9.84 Å². The van der Waals surface area contributed by atoms with Crippen LogP contribution in [0.4, 0.5) is 5.69 Å². The molecule has 7 heteroatoms. The number of aliphatic carboxylic acids is 1. The number of nitrogens with zero attached hydrogens (tertiary/aromatic N) is 2. The van der Waals surface area contributed by atoms with E-state index in [1.54, 1.807) is 0 Å². The zero-order valence-electron chi connectivity index (χ0n) is 17.2. The summed E-state index contributed by atoms with van der Waals surface area (Å²) in [7, 11) is 0. The first-order chi connectivity index (χ1) is 14.6. The van der Waals surface area contributed by atoms with Crippen molar-refractivity contribution in [1.29, 1.82) is 0 Å². The van der Waals surface area contributed by atoms with Crippen molar-refractivity contribution in [1.82, 2.24) is 15.1 Å². The molecule has 0 saturated carbocycles. The molecule has 4 rings (SSSR count). The van der Waals surface area contributed by atoms with Gasteiger partial charge in [-0.1, -0.05) is 13.0 Å². The fraction of sp³-hybridized carbons (Fsp3) is 0.391. The number of benzene rings is 2. The molecule has 0 radical (unpaired) electrons. The van der Waals surface area contributed by atoms with Crippen molar-refractivity contribution in [2.75, 3.05) is 25.0 Å². The first kappa shape index (κ1) is 20.2. The number of aromatic amines is 1. The van der Waals surface area contributed by atoms with E-state index < -0.39 is 5.97 Å². The number of likely N-dealkylation sites (tertiary alicyclic amines) is 1. The van der Waals surface area contributed by atoms with Crippen LogP contribution in [0.25, 0.3) is 10.9 Å². The molecule has 3 N–H and O–H groups in total. The Bertz CT molecular complexity index is 1020. The van der Waals surface area contributed by atoms with Crippen LogP contribution in [0.15, 0.2) is 42.6 Å². The molecule has 1 aromatic heterocycles. The van der Waals surface area contributed by atoms with Gasteiger partial charge in [-0.05, 0) is 67.3 Å². The van der Waals surface area contributed by atoms with Crippen LogP contribution in [0, 0.1) is 0 Å². The lowest BCUT2D eigenvalue weighted by molar-refractivity contribution is -0.139. The third kappa shape index (κ3) is 5.10. The maximum absolute atomic E-state index is 10.8. The summed E-state index contributed by atoms with van der Waals surface area (Å²) in [5, 5.41) is 20.7. The highest BCUT2D eigenvalue weighted by Crippen LogP contribution is 2.23. The maximum Gasteiger partial charge on any atom is 0.341 e. The quantitative estimate of drug-likeness (QED) is 0.527. The van der Waals surface area contributed by atoms with Gasteiger partial charge in [-0.25, -0.2) is 4.79 Å². The summed E-state index contributed by atoms with van der Waals surface area (Å²) in [5.74, 6) is -0.330. The van der Waals surface area contributed by atoms with Gasteiger partial charge in [-0.2, -0.15) is 5.10 Å². The second-order valence-corrected chi connectivity index (χ2v) is 7.91. The van der Waals surface area contributed by atoms with Gasteiger partial charge in [0.25, 0.3) is 0 Å². The predicted molar refractivity (Wildman–Crippen MR) is 117 cm³/mol. The number of aromatic nitrogens is 2. The summed E-state index contributed by atoms with van der Waals surface area (Å²) >= 11 is 0. The van der Waals surface area contributed by atoms with Crippen molar-refractivity contribution in [2.45, 2.75) is 38.8 Å². The average molecular weight is 409 g/mol. The lowest BCUT2D eigenvalue weighted by Crippen LogP contribution is -2.41. The van der Waals surface area contributed by atoms with Gasteiger partial charge in [0.1, 0.15) is 5.75 Å². The molecule has 3 aromatic rings. The van der Waals surface area contributed by atoms with E-state index in [-0.39, 0.29) is 6.61 Å². The van der Waals surface area contributed by atoms with Crippen molar-refractivity contribution in [2.24, 2.45) is 0 Å². The van der Waals surface area contributed by atoms with Gasteiger partial charge >= 0.3 is 5.97 Å². The number of nitrogens with one attached hydrogen (secondary N) is 2. The zero-order chi connectivity index (χ0) is 20.9. The van der Waals surface area contributed by atoms with E-state index in [9.17, 15) is 4.79 Å². The molecule has 30 heavy (non-hydrogen) atoms. The number of ether oxygens (including phenoxy) is 1. The molecule has 7 nitrogen and oxygen atoms in total. The predicted octanol–water partition coefficient (Wildman–Crippen LogP) is 3.67. The normalized spacial score (nSPS) is 17.2. The molecule has 1 aliphatic rings. The number of carboxylic acids is 1. The Balaban J connectivity index is 1.40. The highest BCUT2D eigenvalue weighted by atomic mass is 16.5. The molecule has 1 atom stereocenters. The number of H-pyrrole nitrogens is 1. The van der Waals surface area contributed by atoms with Crippen LogP contribution in [-0.2, 0) is 17.8 Å². The van der Waals surface area contributed by atoms with Crippen LogP contribution in [0.2, 0.25) is 0 Å². The molecule has 0 spiro atoms. The zero-order valence-corrected chi connectivity index (χ0v) is 17.2. The molecule has 1 saturated heterocycles. The van der Waals surface area contributed by atoms with Gasteiger partial charge in [0.15, 0.2) is 6.61 Å². The van der Waals surface area contributed by atoms with E-state index in [0.29, 0.717) is 11.8 Å². The molecule has 1 fully saturated rings. The number of rotatable bonds is 8. The maximum atomic E-state index is 10.8. The summed E-state index contributed by atoms with van der Waals surface area (Å²) in [6.07, 6.45) is 5.01. The van der Waals surface area contributed by atoms with Gasteiger partial charge in [0.05, 0.1) is 11.7 Å². The van der Waals surface area contributed by atoms with Gasteiger partial charge in [0.2, 0.25) is 0 Å². The van der Waals surface area contributed by atoms with E-state index in [1.165, 1.54) is 0 Å². The first-order valence-electron chi connectivity index (χ1n) is 10.5. The number of piperidine rings is 1. The van der Waals surface area contributed by atoms with Crippen LogP contribution in [0.1, 0.15) is 30.9 Å². The number of anilines is 1. The van der Waals surface area contributed by atoms with Crippen LogP contribution < -0.4 is 10.1 Å². The molecule has 0 aliphatic carbocycles. The number of fused-ring (bicyclic) bond motifs is 1. The van der Waals surface area contributed by atoms with Crippen molar-refractivity contribution < 1.29 is 14.6 Å². The number of hydrogen-bond acceptors (Lipinski definition) is 5. The second kappa shape index (κ2) is 9.17. The molecule has 2 aromatic carbocycles. The number of carbonyl (C=O) groups is 1. The van der Waals surface area contributed by atoms with Gasteiger partial charge in [-0.15, -0.1) is 0 Å². The first-order valence-corrected chi connectivity index (χ1v) is 10.5. The molecule has 1 aliphatic heterocycles. The number of carboxylic acid groups (broad SMARTS) is 1. The highest BCUT2D eigenvalue weighted by molar-refractivity contribution is 5.81. The van der Waals surface area contributed by atoms with Crippen LogP contribution in [0.3, 0.4) is 0 Å². The average Bonchev–Trinajstić information content (AvgIpc) is 3.20. The van der Waals surface area contributed by atoms with E-state index in [1.807, 2.05) is 18.3 Å². The lowest BCUT2D eigenvalue weighted by atomic mass is 10.0. The van der Waals surface area contributed by atoms with Gasteiger partial charge in [-0.3, -0.25) is 10.00 Å². The Labute approximate surface area is 176 Å². The van der Waals surface area contributed by atoms with Crippen LogP contribution in [-0.4, -0.2) is 51.9 Å². The largest absolute Gasteiger partial charge is 0.482 e. The molecule has 0 bridgehead atoms. The molecule has 158 valence electrons. The number of hydrogen-bond donors (Lipinski definition) is 3. The lowest BCUT2D eigenvalue weighted by Gasteiger charge is -2.34. The summed E-state index contributed by atoms with van der Waals surface area (Å²) in [6.45, 7) is 4.63. The topological polar surface area (TPSA) is 90.5 Å². The van der Waals surface area contributed by atoms with E-state index >= 15 is 0 Å². The van der Waals surface area contributed by atoms with Crippen molar-refractivity contribution in [3.63, 3.8) is 0 Å². The summed E-state index contributed by atoms with van der Waals surface area (Å²) in [5.41, 5.74) is 4.49. The van der Waals surface area contributed by atoms with E-state index in [0.717, 1.165) is 66.6 Å². The fourth-order valence-electron chi connectivity index (χ4n) is 4.10.